The Labute approximate surface area is 94.1 Å². The van der Waals surface area contributed by atoms with Gasteiger partial charge in [0, 0.05) is 0 Å². The quantitative estimate of drug-likeness (QED) is 0.513. The topological polar surface area (TPSA) is 0 Å². The lowest BCUT2D eigenvalue weighted by atomic mass is 9.68. The summed E-state index contributed by atoms with van der Waals surface area (Å²) < 4.78 is 0. The van der Waals surface area contributed by atoms with Gasteiger partial charge in [-0.3, -0.25) is 0 Å². The van der Waals surface area contributed by atoms with Crippen molar-refractivity contribution in [3.05, 3.63) is 12.2 Å². The minimum absolute atomic E-state index is 0.571. The molecule has 0 saturated heterocycles. The highest BCUT2D eigenvalue weighted by Gasteiger charge is 2.61. The molecule has 0 heteroatoms. The fourth-order valence-corrected chi connectivity index (χ4v) is 5.40. The Kier molecular flexibility index (Phi) is 1.79. The molecule has 0 heterocycles. The third-order valence-corrected chi connectivity index (χ3v) is 5.84. The maximum Gasteiger partial charge on any atom is -0.0139 e. The Morgan fingerprint density at radius 3 is 2.67 bits per heavy atom. The first-order valence-corrected chi connectivity index (χ1v) is 6.62. The summed E-state index contributed by atoms with van der Waals surface area (Å²) in [6.45, 7) is 11.9. The highest BCUT2D eigenvalue weighted by Crippen LogP contribution is 2.69. The lowest BCUT2D eigenvalue weighted by molar-refractivity contribution is 0.146. The van der Waals surface area contributed by atoms with Crippen molar-refractivity contribution >= 4 is 0 Å². The molecule has 3 aliphatic carbocycles. The predicted octanol–water partition coefficient (Wildman–Crippen LogP) is 4.42. The van der Waals surface area contributed by atoms with Gasteiger partial charge in [0.05, 0.1) is 0 Å². The molecule has 3 saturated carbocycles. The van der Waals surface area contributed by atoms with Gasteiger partial charge in [-0.15, -0.1) is 0 Å². The number of rotatable bonds is 0. The first-order valence-electron chi connectivity index (χ1n) is 6.62. The van der Waals surface area contributed by atoms with Crippen LogP contribution in [0.3, 0.4) is 0 Å². The van der Waals surface area contributed by atoms with Crippen molar-refractivity contribution in [2.24, 2.45) is 28.6 Å². The van der Waals surface area contributed by atoms with E-state index < -0.39 is 0 Å². The molecule has 0 aromatic rings. The molecule has 0 nitrogen and oxygen atoms in total. The van der Waals surface area contributed by atoms with Crippen LogP contribution >= 0.6 is 0 Å². The molecule has 15 heavy (non-hydrogen) atoms. The minimum Gasteiger partial charge on any atom is -0.0996 e. The van der Waals surface area contributed by atoms with E-state index in [-0.39, 0.29) is 0 Å². The average molecular weight is 204 g/mol. The second kappa shape index (κ2) is 2.70. The van der Waals surface area contributed by atoms with Crippen LogP contribution in [0.2, 0.25) is 0 Å². The average Bonchev–Trinajstić information content (AvgIpc) is 2.67. The second-order valence-electron chi connectivity index (χ2n) is 7.31. The summed E-state index contributed by atoms with van der Waals surface area (Å²) in [6, 6.07) is 0. The Bertz CT molecular complexity index is 312. The van der Waals surface area contributed by atoms with Gasteiger partial charge < -0.3 is 0 Å². The standard InChI is InChI=1S/C15H24/c1-10-5-6-11-9-15(4)8-7-14(2,3)13(15)12(10)11/h11-13H,1,5-9H2,2-4H3/t11-,12-,13-,15-/m0/s1. The van der Waals surface area contributed by atoms with Crippen molar-refractivity contribution in [2.75, 3.05) is 0 Å². The predicted molar refractivity (Wildman–Crippen MR) is 64.6 cm³/mol. The van der Waals surface area contributed by atoms with Gasteiger partial charge in [-0.2, -0.15) is 0 Å². The molecule has 3 fully saturated rings. The van der Waals surface area contributed by atoms with Crippen molar-refractivity contribution in [3.63, 3.8) is 0 Å². The fourth-order valence-electron chi connectivity index (χ4n) is 5.40. The molecule has 0 amide bonds. The summed E-state index contributed by atoms with van der Waals surface area (Å²) in [5.74, 6) is 2.81. The third kappa shape index (κ3) is 1.14. The molecular weight excluding hydrogens is 180 g/mol. The highest BCUT2D eigenvalue weighted by atomic mass is 14.7. The van der Waals surface area contributed by atoms with E-state index in [1.54, 1.807) is 5.57 Å². The van der Waals surface area contributed by atoms with Crippen LogP contribution in [0.5, 0.6) is 0 Å². The van der Waals surface area contributed by atoms with Gasteiger partial charge in [0.15, 0.2) is 0 Å². The SMILES string of the molecule is C=C1CC[C@H]2C[C@]3(C)CCC(C)(C)[C@@H]3[C@@H]12. The molecule has 0 spiro atoms. The normalized spacial score (nSPS) is 51.9. The van der Waals surface area contributed by atoms with Crippen molar-refractivity contribution in [1.82, 2.24) is 0 Å². The lowest BCUT2D eigenvalue weighted by Gasteiger charge is -2.36. The van der Waals surface area contributed by atoms with Crippen LogP contribution < -0.4 is 0 Å². The van der Waals surface area contributed by atoms with Gasteiger partial charge >= 0.3 is 0 Å². The molecule has 0 bridgehead atoms. The zero-order valence-corrected chi connectivity index (χ0v) is 10.5. The minimum atomic E-state index is 0.571. The van der Waals surface area contributed by atoms with Gasteiger partial charge in [-0.1, -0.05) is 32.9 Å². The maximum absolute atomic E-state index is 4.35. The second-order valence-corrected chi connectivity index (χ2v) is 7.31. The summed E-state index contributed by atoms with van der Waals surface area (Å²) in [6.07, 6.45) is 7.14. The van der Waals surface area contributed by atoms with Gasteiger partial charge in [-0.05, 0) is 60.7 Å². The number of hydrogen-bond donors (Lipinski definition) is 0. The van der Waals surface area contributed by atoms with Gasteiger partial charge in [-0.25, -0.2) is 0 Å². The number of fused-ring (bicyclic) bond motifs is 3. The summed E-state index contributed by atoms with van der Waals surface area (Å²) in [7, 11) is 0. The van der Waals surface area contributed by atoms with Gasteiger partial charge in [0.1, 0.15) is 0 Å². The Balaban J connectivity index is 2.02. The molecule has 84 valence electrons. The Morgan fingerprint density at radius 2 is 1.93 bits per heavy atom. The van der Waals surface area contributed by atoms with Crippen molar-refractivity contribution in [3.8, 4) is 0 Å². The molecule has 0 aliphatic heterocycles. The molecule has 0 aromatic carbocycles. The zero-order valence-electron chi connectivity index (χ0n) is 10.5. The monoisotopic (exact) mass is 204 g/mol. The molecule has 0 radical (unpaired) electrons. The summed E-state index contributed by atoms with van der Waals surface area (Å²) in [5, 5.41) is 0. The van der Waals surface area contributed by atoms with E-state index in [1.165, 1.54) is 32.1 Å². The van der Waals surface area contributed by atoms with Gasteiger partial charge in [0.2, 0.25) is 0 Å². The van der Waals surface area contributed by atoms with E-state index >= 15 is 0 Å². The van der Waals surface area contributed by atoms with E-state index in [0.717, 1.165) is 17.8 Å². The van der Waals surface area contributed by atoms with E-state index in [4.69, 9.17) is 0 Å². The molecule has 3 aliphatic rings. The van der Waals surface area contributed by atoms with Crippen LogP contribution in [-0.2, 0) is 0 Å². The fraction of sp³-hybridized carbons (Fsp3) is 0.867. The third-order valence-electron chi connectivity index (χ3n) is 5.84. The number of hydrogen-bond acceptors (Lipinski definition) is 0. The van der Waals surface area contributed by atoms with Crippen LogP contribution in [0.4, 0.5) is 0 Å². The van der Waals surface area contributed by atoms with Crippen LogP contribution in [0.1, 0.15) is 52.9 Å². The van der Waals surface area contributed by atoms with Crippen molar-refractivity contribution < 1.29 is 0 Å². The summed E-state index contributed by atoms with van der Waals surface area (Å²) >= 11 is 0. The van der Waals surface area contributed by atoms with Crippen molar-refractivity contribution in [2.45, 2.75) is 52.9 Å². The first kappa shape index (κ1) is 9.93. The molecule has 4 atom stereocenters. The van der Waals surface area contributed by atoms with Crippen molar-refractivity contribution in [1.29, 1.82) is 0 Å². The summed E-state index contributed by atoms with van der Waals surface area (Å²) in [4.78, 5) is 0. The van der Waals surface area contributed by atoms with Crippen LogP contribution in [0.15, 0.2) is 12.2 Å². The van der Waals surface area contributed by atoms with Gasteiger partial charge in [0.25, 0.3) is 0 Å². The zero-order chi connectivity index (χ0) is 10.8. The molecular formula is C15H24. The summed E-state index contributed by atoms with van der Waals surface area (Å²) in [5.41, 5.74) is 2.81. The van der Waals surface area contributed by atoms with E-state index in [0.29, 0.717) is 10.8 Å². The Morgan fingerprint density at radius 1 is 1.20 bits per heavy atom. The largest absolute Gasteiger partial charge is 0.0996 e. The Hall–Kier alpha value is -0.260. The maximum atomic E-state index is 4.35. The molecule has 0 aromatic heterocycles. The van der Waals surface area contributed by atoms with E-state index in [9.17, 15) is 0 Å². The van der Waals surface area contributed by atoms with E-state index in [1.807, 2.05) is 0 Å². The molecule has 3 rings (SSSR count). The highest BCUT2D eigenvalue weighted by molar-refractivity contribution is 5.21. The van der Waals surface area contributed by atoms with Crippen LogP contribution in [-0.4, -0.2) is 0 Å². The van der Waals surface area contributed by atoms with Crippen LogP contribution in [0.25, 0.3) is 0 Å². The van der Waals surface area contributed by atoms with Crippen LogP contribution in [0, 0.1) is 28.6 Å². The molecule has 0 unspecified atom stereocenters. The number of allylic oxidation sites excluding steroid dienone is 1. The lowest BCUT2D eigenvalue weighted by Crippen LogP contribution is -2.30. The molecule has 0 N–H and O–H groups in total. The van der Waals surface area contributed by atoms with E-state index in [2.05, 4.69) is 27.4 Å². The smallest absolute Gasteiger partial charge is 0.0139 e. The first-order chi connectivity index (χ1) is 6.94.